The smallest absolute Gasteiger partial charge is 0.0710 e. The summed E-state index contributed by atoms with van der Waals surface area (Å²) in [6.07, 6.45) is 2.77. The molecule has 3 nitrogen and oxygen atoms in total. The first-order chi connectivity index (χ1) is 9.97. The van der Waals surface area contributed by atoms with Gasteiger partial charge in [-0.05, 0) is 39.2 Å². The first-order valence-electron chi connectivity index (χ1n) is 8.18. The molecule has 0 spiro atoms. The average molecular weight is 288 g/mol. The second kappa shape index (κ2) is 5.71. The van der Waals surface area contributed by atoms with Gasteiger partial charge < -0.3 is 10.1 Å². The Morgan fingerprint density at radius 3 is 2.67 bits per heavy atom. The van der Waals surface area contributed by atoms with Crippen LogP contribution in [-0.2, 0) is 10.3 Å². The highest BCUT2D eigenvalue weighted by atomic mass is 16.5. The van der Waals surface area contributed by atoms with Crippen LogP contribution in [0.3, 0.4) is 0 Å². The predicted molar refractivity (Wildman–Crippen MR) is 86.4 cm³/mol. The molecule has 3 rings (SSSR count). The molecule has 2 atom stereocenters. The van der Waals surface area contributed by atoms with Gasteiger partial charge in [0.1, 0.15) is 0 Å². The fraction of sp³-hybridized carbons (Fsp3) is 0.667. The van der Waals surface area contributed by atoms with Crippen LogP contribution in [0.2, 0.25) is 0 Å². The van der Waals surface area contributed by atoms with Gasteiger partial charge in [0.15, 0.2) is 0 Å². The van der Waals surface area contributed by atoms with Gasteiger partial charge in [-0.15, -0.1) is 0 Å². The SMILES string of the molecule is CC1(C)CCC(CN2CCNC(C)(c3ccccc3)C2)O1. The first kappa shape index (κ1) is 15.0. The van der Waals surface area contributed by atoms with Gasteiger partial charge in [-0.3, -0.25) is 4.90 Å². The Labute approximate surface area is 128 Å². The van der Waals surface area contributed by atoms with E-state index in [0.29, 0.717) is 6.10 Å². The molecule has 2 unspecified atom stereocenters. The zero-order chi connectivity index (χ0) is 14.9. The van der Waals surface area contributed by atoms with Crippen molar-refractivity contribution < 1.29 is 4.74 Å². The number of hydrogen-bond acceptors (Lipinski definition) is 3. The molecule has 21 heavy (non-hydrogen) atoms. The van der Waals surface area contributed by atoms with E-state index in [1.807, 2.05) is 0 Å². The molecule has 1 N–H and O–H groups in total. The molecule has 1 aromatic carbocycles. The fourth-order valence-corrected chi connectivity index (χ4v) is 3.72. The number of piperazine rings is 1. The Balaban J connectivity index is 1.64. The number of nitrogens with zero attached hydrogens (tertiary/aromatic N) is 1. The lowest BCUT2D eigenvalue weighted by molar-refractivity contribution is -0.0343. The Bertz CT molecular complexity index is 473. The molecule has 1 aromatic rings. The highest BCUT2D eigenvalue weighted by Crippen LogP contribution is 2.31. The minimum atomic E-state index is 0.0492. The molecule has 2 heterocycles. The fourth-order valence-electron chi connectivity index (χ4n) is 3.72. The van der Waals surface area contributed by atoms with Crippen molar-refractivity contribution >= 4 is 0 Å². The van der Waals surface area contributed by atoms with E-state index in [2.05, 4.69) is 61.3 Å². The van der Waals surface area contributed by atoms with Gasteiger partial charge in [0.2, 0.25) is 0 Å². The van der Waals surface area contributed by atoms with Crippen molar-refractivity contribution in [2.75, 3.05) is 26.2 Å². The minimum Gasteiger partial charge on any atom is -0.371 e. The molecule has 0 radical (unpaired) electrons. The van der Waals surface area contributed by atoms with Crippen molar-refractivity contribution in [1.82, 2.24) is 10.2 Å². The normalized spacial score (nSPS) is 33.2. The van der Waals surface area contributed by atoms with Gasteiger partial charge in [0.25, 0.3) is 0 Å². The largest absolute Gasteiger partial charge is 0.371 e. The number of ether oxygens (including phenoxy) is 1. The van der Waals surface area contributed by atoms with E-state index in [1.165, 1.54) is 18.4 Å². The van der Waals surface area contributed by atoms with E-state index in [0.717, 1.165) is 26.2 Å². The third kappa shape index (κ3) is 3.47. The molecule has 2 fully saturated rings. The van der Waals surface area contributed by atoms with Crippen LogP contribution in [0.5, 0.6) is 0 Å². The van der Waals surface area contributed by atoms with E-state index < -0.39 is 0 Å². The third-order valence-corrected chi connectivity index (χ3v) is 4.91. The molecular weight excluding hydrogens is 260 g/mol. The van der Waals surface area contributed by atoms with Crippen LogP contribution in [0.15, 0.2) is 30.3 Å². The topological polar surface area (TPSA) is 24.5 Å². The zero-order valence-electron chi connectivity index (χ0n) is 13.6. The van der Waals surface area contributed by atoms with Gasteiger partial charge in [-0.1, -0.05) is 30.3 Å². The van der Waals surface area contributed by atoms with Gasteiger partial charge in [0, 0.05) is 26.2 Å². The van der Waals surface area contributed by atoms with Gasteiger partial charge in [-0.2, -0.15) is 0 Å². The van der Waals surface area contributed by atoms with E-state index in [4.69, 9.17) is 4.74 Å². The van der Waals surface area contributed by atoms with Gasteiger partial charge in [0.05, 0.1) is 17.2 Å². The summed E-state index contributed by atoms with van der Waals surface area (Å²) >= 11 is 0. The zero-order valence-corrected chi connectivity index (χ0v) is 13.6. The maximum Gasteiger partial charge on any atom is 0.0710 e. The van der Waals surface area contributed by atoms with Crippen molar-refractivity contribution in [2.24, 2.45) is 0 Å². The molecule has 2 aliphatic rings. The lowest BCUT2D eigenvalue weighted by Gasteiger charge is -2.42. The van der Waals surface area contributed by atoms with Crippen LogP contribution in [0, 0.1) is 0 Å². The molecule has 116 valence electrons. The standard InChI is InChI=1S/C18H28N2O/c1-17(2)10-9-16(21-17)13-20-12-11-19-18(3,14-20)15-7-5-4-6-8-15/h4-8,16,19H,9-14H2,1-3H3. The van der Waals surface area contributed by atoms with Crippen molar-refractivity contribution in [3.63, 3.8) is 0 Å². The number of hydrogen-bond donors (Lipinski definition) is 1. The van der Waals surface area contributed by atoms with Crippen molar-refractivity contribution in [3.8, 4) is 0 Å². The molecule has 0 aromatic heterocycles. The summed E-state index contributed by atoms with van der Waals surface area (Å²) < 4.78 is 6.16. The second-order valence-electron chi connectivity index (χ2n) is 7.40. The van der Waals surface area contributed by atoms with E-state index >= 15 is 0 Å². The van der Waals surface area contributed by atoms with Crippen molar-refractivity contribution in [2.45, 2.75) is 50.9 Å². The highest BCUT2D eigenvalue weighted by Gasteiger charge is 2.36. The quantitative estimate of drug-likeness (QED) is 0.925. The molecule has 0 bridgehead atoms. The molecular formula is C18H28N2O. The van der Waals surface area contributed by atoms with Crippen LogP contribution in [0.4, 0.5) is 0 Å². The van der Waals surface area contributed by atoms with Crippen LogP contribution in [0.1, 0.15) is 39.2 Å². The van der Waals surface area contributed by atoms with Gasteiger partial charge in [-0.25, -0.2) is 0 Å². The molecule has 0 saturated carbocycles. The summed E-state index contributed by atoms with van der Waals surface area (Å²) in [5.41, 5.74) is 1.50. The summed E-state index contributed by atoms with van der Waals surface area (Å²) in [5.74, 6) is 0. The Kier molecular flexibility index (Phi) is 4.08. The molecule has 0 amide bonds. The van der Waals surface area contributed by atoms with E-state index in [1.54, 1.807) is 0 Å². The summed E-state index contributed by atoms with van der Waals surface area (Å²) in [7, 11) is 0. The van der Waals surface area contributed by atoms with Crippen LogP contribution >= 0.6 is 0 Å². The second-order valence-corrected chi connectivity index (χ2v) is 7.40. The predicted octanol–water partition coefficient (Wildman–Crippen LogP) is 2.76. The Morgan fingerprint density at radius 2 is 2.00 bits per heavy atom. The summed E-state index contributed by atoms with van der Waals surface area (Å²) in [6.45, 7) is 11.0. The minimum absolute atomic E-state index is 0.0492. The molecule has 0 aliphatic carbocycles. The maximum absolute atomic E-state index is 6.16. The molecule has 3 heteroatoms. The van der Waals surface area contributed by atoms with E-state index in [-0.39, 0.29) is 11.1 Å². The van der Waals surface area contributed by atoms with Gasteiger partial charge >= 0.3 is 0 Å². The monoisotopic (exact) mass is 288 g/mol. The van der Waals surface area contributed by atoms with E-state index in [9.17, 15) is 0 Å². The number of rotatable bonds is 3. The number of nitrogens with one attached hydrogen (secondary N) is 1. The lowest BCUT2D eigenvalue weighted by Crippen LogP contribution is -2.57. The first-order valence-corrected chi connectivity index (χ1v) is 8.18. The highest BCUT2D eigenvalue weighted by molar-refractivity contribution is 5.24. The van der Waals surface area contributed by atoms with Crippen LogP contribution in [0.25, 0.3) is 0 Å². The summed E-state index contributed by atoms with van der Waals surface area (Å²) in [5, 5.41) is 3.70. The summed E-state index contributed by atoms with van der Waals surface area (Å²) in [4.78, 5) is 2.57. The average Bonchev–Trinajstić information content (AvgIpc) is 2.79. The molecule has 2 aliphatic heterocycles. The van der Waals surface area contributed by atoms with Crippen molar-refractivity contribution in [3.05, 3.63) is 35.9 Å². The third-order valence-electron chi connectivity index (χ3n) is 4.91. The Morgan fingerprint density at radius 1 is 1.24 bits per heavy atom. The van der Waals surface area contributed by atoms with Crippen LogP contribution in [-0.4, -0.2) is 42.8 Å². The number of benzene rings is 1. The van der Waals surface area contributed by atoms with Crippen molar-refractivity contribution in [1.29, 1.82) is 0 Å². The summed E-state index contributed by atoms with van der Waals surface area (Å²) in [6, 6.07) is 10.8. The van der Waals surface area contributed by atoms with Crippen LogP contribution < -0.4 is 5.32 Å². The molecule has 2 saturated heterocycles. The maximum atomic E-state index is 6.16. The Hall–Kier alpha value is -0.900. The lowest BCUT2D eigenvalue weighted by atomic mass is 9.89.